The maximum Gasteiger partial charge on any atom is 0.237 e. The lowest BCUT2D eigenvalue weighted by atomic mass is 10.1. The number of ketones is 1. The van der Waals surface area contributed by atoms with Crippen LogP contribution in [0.5, 0.6) is 0 Å². The highest BCUT2D eigenvalue weighted by atomic mass is 32.2. The first-order valence-corrected chi connectivity index (χ1v) is 9.68. The summed E-state index contributed by atoms with van der Waals surface area (Å²) in [4.78, 5) is 28.8. The van der Waals surface area contributed by atoms with Gasteiger partial charge in [-0.25, -0.2) is 4.98 Å². The number of rotatable bonds is 5. The molecule has 1 amide bonds. The number of carbonyl (C=O) groups is 2. The van der Waals surface area contributed by atoms with Gasteiger partial charge in [0.2, 0.25) is 5.91 Å². The minimum absolute atomic E-state index is 0.0280. The molecule has 4 nitrogen and oxygen atoms in total. The maximum atomic E-state index is 12.6. The van der Waals surface area contributed by atoms with Crippen LogP contribution in [-0.4, -0.2) is 21.9 Å². The van der Waals surface area contributed by atoms with Gasteiger partial charge in [-0.15, -0.1) is 0 Å². The third-order valence-electron chi connectivity index (χ3n) is 4.43. The largest absolute Gasteiger partial charge is 0.325 e. The Morgan fingerprint density at radius 1 is 1.04 bits per heavy atom. The van der Waals surface area contributed by atoms with Crippen molar-refractivity contribution in [3.8, 4) is 0 Å². The van der Waals surface area contributed by atoms with Crippen LogP contribution in [0, 0.1) is 13.8 Å². The van der Waals surface area contributed by atoms with E-state index in [2.05, 4.69) is 18.3 Å². The normalized spacial score (nSPS) is 12.0. The van der Waals surface area contributed by atoms with Gasteiger partial charge in [-0.3, -0.25) is 9.59 Å². The van der Waals surface area contributed by atoms with Crippen molar-refractivity contribution in [1.29, 1.82) is 0 Å². The number of hydrogen-bond acceptors (Lipinski definition) is 4. The van der Waals surface area contributed by atoms with Gasteiger partial charge >= 0.3 is 0 Å². The van der Waals surface area contributed by atoms with Crippen LogP contribution >= 0.6 is 11.8 Å². The lowest BCUT2D eigenvalue weighted by Crippen LogP contribution is -2.22. The van der Waals surface area contributed by atoms with Crippen molar-refractivity contribution in [3.63, 3.8) is 0 Å². The Labute approximate surface area is 163 Å². The lowest BCUT2D eigenvalue weighted by Gasteiger charge is -2.13. The molecule has 3 rings (SSSR count). The summed E-state index contributed by atoms with van der Waals surface area (Å²) in [5.74, 6) is -0.148. The maximum absolute atomic E-state index is 12.6. The summed E-state index contributed by atoms with van der Waals surface area (Å²) in [6, 6.07) is 15.1. The number of Topliss-reactive ketones (excluding diaryl/α,β-unsaturated/α-hetero) is 1. The van der Waals surface area contributed by atoms with Gasteiger partial charge in [-0.1, -0.05) is 42.1 Å². The SMILES string of the molecule is CC(=O)c1cccc(NC(=O)[C@@H](C)Sc2cc(C)c3cccc(C)c3n2)c1. The van der Waals surface area contributed by atoms with Gasteiger partial charge in [0.1, 0.15) is 0 Å². The number of carbonyl (C=O) groups excluding carboxylic acids is 2. The molecule has 0 saturated heterocycles. The molecule has 0 aliphatic rings. The highest BCUT2D eigenvalue weighted by molar-refractivity contribution is 8.00. The molecular formula is C22H22N2O2S. The Balaban J connectivity index is 1.77. The number of hydrogen-bond donors (Lipinski definition) is 1. The number of benzene rings is 2. The van der Waals surface area contributed by atoms with Crippen molar-refractivity contribution in [2.24, 2.45) is 0 Å². The fourth-order valence-corrected chi connectivity index (χ4v) is 3.80. The zero-order chi connectivity index (χ0) is 19.6. The Bertz CT molecular complexity index is 1030. The van der Waals surface area contributed by atoms with Crippen LogP contribution in [0.25, 0.3) is 10.9 Å². The molecule has 0 bridgehead atoms. The van der Waals surface area contributed by atoms with Crippen molar-refractivity contribution in [2.75, 3.05) is 5.32 Å². The predicted octanol–water partition coefficient (Wildman–Crippen LogP) is 5.17. The number of anilines is 1. The first kappa shape index (κ1) is 19.1. The molecule has 0 saturated carbocycles. The molecule has 2 aromatic carbocycles. The van der Waals surface area contributed by atoms with Crippen LogP contribution in [0.2, 0.25) is 0 Å². The summed E-state index contributed by atoms with van der Waals surface area (Å²) < 4.78 is 0. The summed E-state index contributed by atoms with van der Waals surface area (Å²) >= 11 is 1.43. The van der Waals surface area contributed by atoms with Crippen LogP contribution < -0.4 is 5.32 Å². The Morgan fingerprint density at radius 2 is 1.78 bits per heavy atom. The topological polar surface area (TPSA) is 59.1 Å². The van der Waals surface area contributed by atoms with E-state index in [4.69, 9.17) is 4.98 Å². The number of nitrogens with one attached hydrogen (secondary N) is 1. The number of aryl methyl sites for hydroxylation is 2. The minimum Gasteiger partial charge on any atom is -0.325 e. The second kappa shape index (κ2) is 7.92. The highest BCUT2D eigenvalue weighted by Gasteiger charge is 2.17. The van der Waals surface area contributed by atoms with E-state index in [0.717, 1.165) is 27.1 Å². The molecular weight excluding hydrogens is 356 g/mol. The molecule has 138 valence electrons. The van der Waals surface area contributed by atoms with Gasteiger partial charge in [-0.05, 0) is 57.0 Å². The third-order valence-corrected chi connectivity index (χ3v) is 5.45. The molecule has 1 aromatic heterocycles. The Kier molecular flexibility index (Phi) is 5.61. The van der Waals surface area contributed by atoms with E-state index in [-0.39, 0.29) is 16.9 Å². The van der Waals surface area contributed by atoms with Crippen LogP contribution in [0.3, 0.4) is 0 Å². The number of pyridine rings is 1. The van der Waals surface area contributed by atoms with E-state index >= 15 is 0 Å². The summed E-state index contributed by atoms with van der Waals surface area (Å²) in [5, 5.41) is 4.53. The van der Waals surface area contributed by atoms with Crippen molar-refractivity contribution in [3.05, 3.63) is 65.2 Å². The molecule has 1 atom stereocenters. The second-order valence-corrected chi connectivity index (χ2v) is 8.00. The van der Waals surface area contributed by atoms with E-state index in [1.807, 2.05) is 32.0 Å². The average molecular weight is 378 g/mol. The van der Waals surface area contributed by atoms with Gasteiger partial charge in [0.25, 0.3) is 0 Å². The zero-order valence-corrected chi connectivity index (χ0v) is 16.7. The fourth-order valence-electron chi connectivity index (χ4n) is 2.89. The quantitative estimate of drug-likeness (QED) is 0.491. The van der Waals surface area contributed by atoms with Crippen LogP contribution in [0.4, 0.5) is 5.69 Å². The molecule has 0 fully saturated rings. The zero-order valence-electron chi connectivity index (χ0n) is 15.9. The molecule has 0 radical (unpaired) electrons. The van der Waals surface area contributed by atoms with E-state index in [1.165, 1.54) is 18.7 Å². The average Bonchev–Trinajstić information content (AvgIpc) is 2.63. The molecule has 0 unspecified atom stereocenters. The number of thioether (sulfide) groups is 1. The van der Waals surface area contributed by atoms with Crippen molar-refractivity contribution in [2.45, 2.75) is 38.0 Å². The first-order valence-electron chi connectivity index (χ1n) is 8.80. The number of para-hydroxylation sites is 1. The van der Waals surface area contributed by atoms with E-state index in [1.54, 1.807) is 24.3 Å². The van der Waals surface area contributed by atoms with Gasteiger partial charge < -0.3 is 5.32 Å². The number of nitrogens with zero attached hydrogens (tertiary/aromatic N) is 1. The van der Waals surface area contributed by atoms with Crippen molar-refractivity contribution < 1.29 is 9.59 Å². The van der Waals surface area contributed by atoms with Crippen molar-refractivity contribution in [1.82, 2.24) is 4.98 Å². The van der Waals surface area contributed by atoms with Gasteiger partial charge in [0.15, 0.2) is 5.78 Å². The Hall–Kier alpha value is -2.66. The summed E-state index contributed by atoms with van der Waals surface area (Å²) in [5.41, 5.74) is 4.44. The van der Waals surface area contributed by atoms with Crippen LogP contribution in [0.1, 0.15) is 35.3 Å². The van der Waals surface area contributed by atoms with Gasteiger partial charge in [-0.2, -0.15) is 0 Å². The van der Waals surface area contributed by atoms with Crippen molar-refractivity contribution >= 4 is 40.0 Å². The number of aromatic nitrogens is 1. The van der Waals surface area contributed by atoms with Gasteiger partial charge in [0, 0.05) is 16.6 Å². The van der Waals surface area contributed by atoms with E-state index in [9.17, 15) is 9.59 Å². The molecule has 0 aliphatic heterocycles. The first-order chi connectivity index (χ1) is 12.8. The van der Waals surface area contributed by atoms with E-state index in [0.29, 0.717) is 11.3 Å². The van der Waals surface area contributed by atoms with Crippen LogP contribution in [0.15, 0.2) is 53.6 Å². The Morgan fingerprint density at radius 3 is 2.52 bits per heavy atom. The summed E-state index contributed by atoms with van der Waals surface area (Å²) in [7, 11) is 0. The smallest absolute Gasteiger partial charge is 0.237 e. The molecule has 1 N–H and O–H groups in total. The van der Waals surface area contributed by atoms with E-state index < -0.39 is 0 Å². The van der Waals surface area contributed by atoms with Gasteiger partial charge in [0.05, 0.1) is 15.8 Å². The number of fused-ring (bicyclic) bond motifs is 1. The monoisotopic (exact) mass is 378 g/mol. The fraction of sp³-hybridized carbons (Fsp3) is 0.227. The second-order valence-electron chi connectivity index (χ2n) is 6.63. The molecule has 1 heterocycles. The molecule has 0 spiro atoms. The molecule has 5 heteroatoms. The predicted molar refractivity (Wildman–Crippen MR) is 112 cm³/mol. The highest BCUT2D eigenvalue weighted by Crippen LogP contribution is 2.28. The molecule has 0 aliphatic carbocycles. The number of amides is 1. The standard InChI is InChI=1S/C22H22N2O2S/c1-13-7-5-10-19-14(2)11-20(24-21(13)19)27-16(4)22(26)23-18-9-6-8-17(12-18)15(3)25/h5-12,16H,1-4H3,(H,23,26)/t16-/m1/s1. The lowest BCUT2D eigenvalue weighted by molar-refractivity contribution is -0.115. The minimum atomic E-state index is -0.320. The molecule has 27 heavy (non-hydrogen) atoms. The summed E-state index contributed by atoms with van der Waals surface area (Å²) in [6.07, 6.45) is 0. The summed E-state index contributed by atoms with van der Waals surface area (Å²) in [6.45, 7) is 7.47. The molecule has 3 aromatic rings. The van der Waals surface area contributed by atoms with Crippen LogP contribution in [-0.2, 0) is 4.79 Å². The third kappa shape index (κ3) is 4.37.